The number of rotatable bonds is 1. The molecule has 1 aliphatic heterocycles. The van der Waals surface area contributed by atoms with Crippen LogP contribution in [0.15, 0.2) is 0 Å². The molecule has 2 heteroatoms. The lowest BCUT2D eigenvalue weighted by Crippen LogP contribution is -2.16. The molecule has 1 aliphatic rings. The summed E-state index contributed by atoms with van der Waals surface area (Å²) in [5.74, 6) is 0.619. The summed E-state index contributed by atoms with van der Waals surface area (Å²) in [6.07, 6.45) is 3.96. The van der Waals surface area contributed by atoms with Gasteiger partial charge in [-0.25, -0.2) is 0 Å². The van der Waals surface area contributed by atoms with E-state index in [1.165, 1.54) is 19.3 Å². The monoisotopic (exact) mass is 146 g/mol. The van der Waals surface area contributed by atoms with E-state index in [-0.39, 0.29) is 7.92 Å². The molecule has 0 aromatic heterocycles. The number of hydrogen-bond donors (Lipinski definition) is 0. The first-order chi connectivity index (χ1) is 4.30. The summed E-state index contributed by atoms with van der Waals surface area (Å²) in [7, 11) is 0.159. The molecule has 9 heavy (non-hydrogen) atoms. The molecule has 0 radical (unpaired) electrons. The van der Waals surface area contributed by atoms with Gasteiger partial charge in [0.25, 0.3) is 0 Å². The van der Waals surface area contributed by atoms with Crippen LogP contribution < -0.4 is 0 Å². The van der Waals surface area contributed by atoms with Gasteiger partial charge in [0.1, 0.15) is 0 Å². The molecule has 0 spiro atoms. The summed E-state index contributed by atoms with van der Waals surface area (Å²) in [5, 5.41) is 0. The van der Waals surface area contributed by atoms with Crippen molar-refractivity contribution in [3.63, 3.8) is 0 Å². The number of hydrogen-bond acceptors (Lipinski definition) is 1. The maximum Gasteiger partial charge on any atom is 0.0760 e. The second kappa shape index (κ2) is 3.53. The zero-order chi connectivity index (χ0) is 6.69. The van der Waals surface area contributed by atoms with Crippen LogP contribution in [0.25, 0.3) is 0 Å². The summed E-state index contributed by atoms with van der Waals surface area (Å²) in [5.41, 5.74) is 0. The minimum atomic E-state index is 0.159. The second-order valence-electron chi connectivity index (χ2n) is 2.78. The van der Waals surface area contributed by atoms with Crippen molar-refractivity contribution in [1.82, 2.24) is 0 Å². The second-order valence-corrected chi connectivity index (χ2v) is 5.29. The Bertz CT molecular complexity index is 77.0. The molecule has 1 fully saturated rings. The molecule has 1 unspecified atom stereocenters. The Kier molecular flexibility index (Phi) is 2.94. The summed E-state index contributed by atoms with van der Waals surface area (Å²) in [6.45, 7) is 5.60. The Morgan fingerprint density at radius 1 is 1.33 bits per heavy atom. The van der Waals surface area contributed by atoms with E-state index < -0.39 is 0 Å². The highest BCUT2D eigenvalue weighted by Gasteiger charge is 2.15. The van der Waals surface area contributed by atoms with Gasteiger partial charge in [-0.2, -0.15) is 0 Å². The Morgan fingerprint density at radius 3 is 2.44 bits per heavy atom. The molecule has 0 aromatic rings. The molecule has 0 saturated carbocycles. The quantitative estimate of drug-likeness (QED) is 0.515. The van der Waals surface area contributed by atoms with Crippen molar-refractivity contribution in [2.75, 3.05) is 19.9 Å². The van der Waals surface area contributed by atoms with Gasteiger partial charge < -0.3 is 4.74 Å². The molecular weight excluding hydrogens is 131 g/mol. The average Bonchev–Trinajstić information content (AvgIpc) is 1.90. The third kappa shape index (κ3) is 2.23. The lowest BCUT2D eigenvalue weighted by molar-refractivity contribution is 0.0694. The van der Waals surface area contributed by atoms with Crippen molar-refractivity contribution in [1.29, 1.82) is 0 Å². The Morgan fingerprint density at radius 2 is 2.11 bits per heavy atom. The molecule has 1 atom stereocenters. The van der Waals surface area contributed by atoms with Gasteiger partial charge in [-0.1, -0.05) is 7.92 Å². The van der Waals surface area contributed by atoms with Crippen molar-refractivity contribution < 1.29 is 4.74 Å². The predicted molar refractivity (Wildman–Crippen MR) is 42.4 cm³/mol. The lowest BCUT2D eigenvalue weighted by atomic mass is 10.2. The molecule has 0 aliphatic carbocycles. The maximum atomic E-state index is 5.57. The third-order valence-corrected chi connectivity index (χ3v) is 3.29. The van der Waals surface area contributed by atoms with E-state index in [1.807, 2.05) is 0 Å². The first-order valence-corrected chi connectivity index (χ1v) is 5.89. The number of ether oxygens (including phenoxy) is 1. The van der Waals surface area contributed by atoms with Crippen molar-refractivity contribution >= 4 is 7.92 Å². The molecular formula is C7H15OP. The first-order valence-electron chi connectivity index (χ1n) is 3.59. The van der Waals surface area contributed by atoms with Gasteiger partial charge >= 0.3 is 0 Å². The van der Waals surface area contributed by atoms with Crippen molar-refractivity contribution in [2.45, 2.75) is 25.1 Å². The summed E-state index contributed by atoms with van der Waals surface area (Å²) in [4.78, 5) is 0. The minimum Gasteiger partial charge on any atom is -0.374 e. The smallest absolute Gasteiger partial charge is 0.0760 e. The molecule has 0 amide bonds. The summed E-state index contributed by atoms with van der Waals surface area (Å²) in [6, 6.07) is 0. The predicted octanol–water partition coefficient (Wildman–Crippen LogP) is 2.25. The van der Waals surface area contributed by atoms with Crippen LogP contribution in [0.3, 0.4) is 0 Å². The zero-order valence-corrected chi connectivity index (χ0v) is 7.16. The van der Waals surface area contributed by atoms with Crippen molar-refractivity contribution in [2.24, 2.45) is 0 Å². The van der Waals surface area contributed by atoms with E-state index in [2.05, 4.69) is 13.3 Å². The topological polar surface area (TPSA) is 9.23 Å². The molecule has 1 rings (SSSR count). The highest BCUT2D eigenvalue weighted by atomic mass is 31.1. The Balaban J connectivity index is 2.23. The standard InChI is InChI=1S/C7H15OP/c1-9(2)7-5-3-4-6-8-7/h7H,3-6H2,1-2H3. The van der Waals surface area contributed by atoms with E-state index in [1.54, 1.807) is 0 Å². The van der Waals surface area contributed by atoms with Crippen LogP contribution >= 0.6 is 7.92 Å². The highest BCUT2D eigenvalue weighted by Crippen LogP contribution is 2.38. The van der Waals surface area contributed by atoms with Crippen molar-refractivity contribution in [3.8, 4) is 0 Å². The summed E-state index contributed by atoms with van der Waals surface area (Å²) >= 11 is 0. The van der Waals surface area contributed by atoms with Crippen molar-refractivity contribution in [3.05, 3.63) is 0 Å². The van der Waals surface area contributed by atoms with Gasteiger partial charge in [-0.05, 0) is 32.6 Å². The average molecular weight is 146 g/mol. The van der Waals surface area contributed by atoms with Gasteiger partial charge in [0, 0.05) is 6.61 Å². The van der Waals surface area contributed by atoms with Crippen LogP contribution in [0.4, 0.5) is 0 Å². The Labute approximate surface area is 58.5 Å². The lowest BCUT2D eigenvalue weighted by Gasteiger charge is -2.25. The van der Waals surface area contributed by atoms with Crippen LogP contribution in [-0.4, -0.2) is 25.8 Å². The van der Waals surface area contributed by atoms with E-state index in [0.29, 0.717) is 5.85 Å². The molecule has 1 heterocycles. The van der Waals surface area contributed by atoms with Gasteiger partial charge in [-0.15, -0.1) is 0 Å². The van der Waals surface area contributed by atoms with E-state index in [4.69, 9.17) is 4.74 Å². The fraction of sp³-hybridized carbons (Fsp3) is 1.00. The molecule has 54 valence electrons. The van der Waals surface area contributed by atoms with Gasteiger partial charge in [-0.3, -0.25) is 0 Å². The summed E-state index contributed by atoms with van der Waals surface area (Å²) < 4.78 is 5.57. The minimum absolute atomic E-state index is 0.159. The molecule has 0 bridgehead atoms. The first kappa shape index (κ1) is 7.50. The highest BCUT2D eigenvalue weighted by molar-refractivity contribution is 7.56. The SMILES string of the molecule is CP(C)C1CCCCO1. The molecule has 1 nitrogen and oxygen atoms in total. The zero-order valence-electron chi connectivity index (χ0n) is 6.26. The van der Waals surface area contributed by atoms with E-state index in [9.17, 15) is 0 Å². The van der Waals surface area contributed by atoms with Crippen LogP contribution in [0.5, 0.6) is 0 Å². The fourth-order valence-electron chi connectivity index (χ4n) is 1.13. The van der Waals surface area contributed by atoms with Crippen LogP contribution in [-0.2, 0) is 4.74 Å². The van der Waals surface area contributed by atoms with Gasteiger partial charge in [0.2, 0.25) is 0 Å². The maximum absolute atomic E-state index is 5.57. The normalized spacial score (nSPS) is 29.0. The Hall–Kier alpha value is 0.390. The van der Waals surface area contributed by atoms with Gasteiger partial charge in [0.15, 0.2) is 0 Å². The van der Waals surface area contributed by atoms with Crippen LogP contribution in [0.1, 0.15) is 19.3 Å². The van der Waals surface area contributed by atoms with Gasteiger partial charge in [0.05, 0.1) is 5.85 Å². The molecule has 0 aromatic carbocycles. The largest absolute Gasteiger partial charge is 0.374 e. The van der Waals surface area contributed by atoms with Crippen LogP contribution in [0, 0.1) is 0 Å². The molecule has 0 N–H and O–H groups in total. The van der Waals surface area contributed by atoms with Crippen LogP contribution in [0.2, 0.25) is 0 Å². The van der Waals surface area contributed by atoms with E-state index >= 15 is 0 Å². The molecule has 1 saturated heterocycles. The fourth-order valence-corrected chi connectivity index (χ4v) is 2.23. The third-order valence-electron chi connectivity index (χ3n) is 1.73. The van der Waals surface area contributed by atoms with E-state index in [0.717, 1.165) is 6.61 Å².